The van der Waals surface area contributed by atoms with E-state index < -0.39 is 16.6 Å². The quantitative estimate of drug-likeness (QED) is 0.324. The van der Waals surface area contributed by atoms with Gasteiger partial charge in [0.05, 0.1) is 27.6 Å². The molecule has 0 saturated heterocycles. The highest BCUT2D eigenvalue weighted by Crippen LogP contribution is 2.20. The van der Waals surface area contributed by atoms with Gasteiger partial charge in [0.2, 0.25) is 0 Å². The molecule has 0 aliphatic carbocycles. The Balaban J connectivity index is 1.84. The standard InChI is InChI=1S/C19H16N4O4/c1-12-17(13(2)22(21-12)15-6-4-3-5-7-15)18(24)19(25)20-14-8-10-16(11-9-14)23(26)27/h3-11H,1-2H3,(H,20,25). The van der Waals surface area contributed by atoms with E-state index in [4.69, 9.17) is 0 Å². The monoisotopic (exact) mass is 364 g/mol. The van der Waals surface area contributed by atoms with Crippen molar-refractivity contribution in [3.63, 3.8) is 0 Å². The molecular formula is C19H16N4O4. The van der Waals surface area contributed by atoms with Gasteiger partial charge in [-0.2, -0.15) is 5.10 Å². The predicted molar refractivity (Wildman–Crippen MR) is 99.1 cm³/mol. The number of benzene rings is 2. The van der Waals surface area contributed by atoms with Gasteiger partial charge < -0.3 is 5.32 Å². The predicted octanol–water partition coefficient (Wildman–Crippen LogP) is 3.22. The summed E-state index contributed by atoms with van der Waals surface area (Å²) >= 11 is 0. The van der Waals surface area contributed by atoms with Crippen LogP contribution in [-0.4, -0.2) is 26.4 Å². The Kier molecular flexibility index (Phi) is 4.80. The van der Waals surface area contributed by atoms with E-state index in [1.807, 2.05) is 30.3 Å². The number of aryl methyl sites for hydroxylation is 1. The smallest absolute Gasteiger partial charge is 0.296 e. The molecule has 1 heterocycles. The van der Waals surface area contributed by atoms with Crippen LogP contribution in [0.1, 0.15) is 21.7 Å². The van der Waals surface area contributed by atoms with Crippen LogP contribution in [0.25, 0.3) is 5.69 Å². The van der Waals surface area contributed by atoms with Crippen LogP contribution in [-0.2, 0) is 4.79 Å². The maximum atomic E-state index is 12.6. The van der Waals surface area contributed by atoms with Crippen LogP contribution in [0.15, 0.2) is 54.6 Å². The SMILES string of the molecule is Cc1nn(-c2ccccc2)c(C)c1C(=O)C(=O)Nc1ccc([N+](=O)[O-])cc1. The molecule has 0 fully saturated rings. The van der Waals surface area contributed by atoms with Gasteiger partial charge in [0.15, 0.2) is 0 Å². The van der Waals surface area contributed by atoms with Crippen LogP contribution in [0.4, 0.5) is 11.4 Å². The van der Waals surface area contributed by atoms with Crippen molar-refractivity contribution in [3.8, 4) is 5.69 Å². The Bertz CT molecular complexity index is 1020. The molecule has 1 amide bonds. The molecule has 0 unspecified atom stereocenters. The lowest BCUT2D eigenvalue weighted by Gasteiger charge is -2.06. The zero-order valence-corrected chi connectivity index (χ0v) is 14.7. The number of amides is 1. The van der Waals surface area contributed by atoms with Crippen LogP contribution in [0, 0.1) is 24.0 Å². The molecule has 0 atom stereocenters. The minimum atomic E-state index is -0.831. The summed E-state index contributed by atoms with van der Waals surface area (Å²) in [5, 5.41) is 17.5. The number of hydrogen-bond acceptors (Lipinski definition) is 5. The van der Waals surface area contributed by atoms with Crippen LogP contribution in [0.5, 0.6) is 0 Å². The van der Waals surface area contributed by atoms with Crippen molar-refractivity contribution in [2.75, 3.05) is 5.32 Å². The number of hydrogen-bond donors (Lipinski definition) is 1. The maximum Gasteiger partial charge on any atom is 0.296 e. The minimum Gasteiger partial charge on any atom is -0.319 e. The van der Waals surface area contributed by atoms with Gasteiger partial charge in [-0.3, -0.25) is 19.7 Å². The molecule has 1 N–H and O–H groups in total. The third-order valence-electron chi connectivity index (χ3n) is 4.06. The van der Waals surface area contributed by atoms with E-state index in [2.05, 4.69) is 10.4 Å². The lowest BCUT2D eigenvalue weighted by Crippen LogP contribution is -2.24. The number of nitro benzene ring substituents is 1. The highest BCUT2D eigenvalue weighted by atomic mass is 16.6. The molecule has 3 rings (SSSR count). The van der Waals surface area contributed by atoms with Crippen molar-refractivity contribution >= 4 is 23.1 Å². The summed E-state index contributed by atoms with van der Waals surface area (Å²) in [5.41, 5.74) is 2.22. The Labute approximate surface area is 154 Å². The number of aromatic nitrogens is 2. The van der Waals surface area contributed by atoms with Gasteiger partial charge in [-0.1, -0.05) is 18.2 Å². The van der Waals surface area contributed by atoms with Crippen molar-refractivity contribution in [2.45, 2.75) is 13.8 Å². The zero-order valence-electron chi connectivity index (χ0n) is 14.7. The average molecular weight is 364 g/mol. The number of nitrogens with one attached hydrogen (secondary N) is 1. The number of nitro groups is 1. The minimum absolute atomic E-state index is 0.102. The first-order valence-corrected chi connectivity index (χ1v) is 8.10. The first-order chi connectivity index (χ1) is 12.9. The second-order valence-electron chi connectivity index (χ2n) is 5.88. The molecule has 2 aromatic carbocycles. The van der Waals surface area contributed by atoms with Crippen molar-refractivity contribution in [3.05, 3.63) is 81.7 Å². The highest BCUT2D eigenvalue weighted by molar-refractivity contribution is 6.47. The summed E-state index contributed by atoms with van der Waals surface area (Å²) in [6.07, 6.45) is 0. The topological polar surface area (TPSA) is 107 Å². The second-order valence-corrected chi connectivity index (χ2v) is 5.88. The second kappa shape index (κ2) is 7.20. The largest absolute Gasteiger partial charge is 0.319 e. The fourth-order valence-electron chi connectivity index (χ4n) is 2.76. The number of rotatable bonds is 5. The van der Waals surface area contributed by atoms with Gasteiger partial charge in [-0.25, -0.2) is 4.68 Å². The molecule has 1 aromatic heterocycles. The van der Waals surface area contributed by atoms with Crippen LogP contribution >= 0.6 is 0 Å². The van der Waals surface area contributed by atoms with Gasteiger partial charge in [-0.05, 0) is 38.1 Å². The molecule has 27 heavy (non-hydrogen) atoms. The van der Waals surface area contributed by atoms with E-state index in [9.17, 15) is 19.7 Å². The average Bonchev–Trinajstić information content (AvgIpc) is 2.96. The van der Waals surface area contributed by atoms with Gasteiger partial charge in [0, 0.05) is 17.8 Å². The molecule has 136 valence electrons. The molecule has 0 aliphatic rings. The fraction of sp³-hybridized carbons (Fsp3) is 0.105. The van der Waals surface area contributed by atoms with E-state index >= 15 is 0 Å². The summed E-state index contributed by atoms with van der Waals surface area (Å²) < 4.78 is 1.61. The number of non-ortho nitro benzene ring substituents is 1. The highest BCUT2D eigenvalue weighted by Gasteiger charge is 2.25. The van der Waals surface area contributed by atoms with Gasteiger partial charge in [-0.15, -0.1) is 0 Å². The van der Waals surface area contributed by atoms with Crippen molar-refractivity contribution in [2.24, 2.45) is 0 Å². The fourth-order valence-corrected chi connectivity index (χ4v) is 2.76. The van der Waals surface area contributed by atoms with E-state index in [-0.39, 0.29) is 11.3 Å². The molecule has 0 aliphatic heterocycles. The number of nitrogens with zero attached hydrogens (tertiary/aromatic N) is 3. The maximum absolute atomic E-state index is 12.6. The zero-order chi connectivity index (χ0) is 19.6. The number of Topliss-reactive ketones (excluding diaryl/α,β-unsaturated/α-hetero) is 1. The van der Waals surface area contributed by atoms with E-state index in [0.717, 1.165) is 5.69 Å². The first kappa shape index (κ1) is 18.0. The summed E-state index contributed by atoms with van der Waals surface area (Å²) in [7, 11) is 0. The van der Waals surface area contributed by atoms with Crippen molar-refractivity contribution in [1.29, 1.82) is 0 Å². The number of carbonyl (C=O) groups is 2. The summed E-state index contributed by atoms with van der Waals surface area (Å²) in [4.78, 5) is 35.1. The molecule has 0 saturated carbocycles. The lowest BCUT2D eigenvalue weighted by atomic mass is 10.1. The van der Waals surface area contributed by atoms with E-state index in [1.54, 1.807) is 18.5 Å². The van der Waals surface area contributed by atoms with Crippen molar-refractivity contribution in [1.82, 2.24) is 9.78 Å². The lowest BCUT2D eigenvalue weighted by molar-refractivity contribution is -0.384. The van der Waals surface area contributed by atoms with Gasteiger partial charge in [0.25, 0.3) is 17.4 Å². The molecule has 8 heteroatoms. The molecule has 0 bridgehead atoms. The van der Waals surface area contributed by atoms with Crippen molar-refractivity contribution < 1.29 is 14.5 Å². The number of carbonyl (C=O) groups excluding carboxylic acids is 2. The summed E-state index contributed by atoms with van der Waals surface area (Å²) in [6, 6.07) is 14.5. The normalized spacial score (nSPS) is 10.4. The third kappa shape index (κ3) is 3.59. The number of anilines is 1. The molecular weight excluding hydrogens is 348 g/mol. The van der Waals surface area contributed by atoms with E-state index in [0.29, 0.717) is 17.1 Å². The molecule has 0 spiro atoms. The molecule has 0 radical (unpaired) electrons. The molecule has 3 aromatic rings. The van der Waals surface area contributed by atoms with Gasteiger partial charge in [0.1, 0.15) is 0 Å². The van der Waals surface area contributed by atoms with Crippen LogP contribution in [0.2, 0.25) is 0 Å². The van der Waals surface area contributed by atoms with Gasteiger partial charge >= 0.3 is 0 Å². The summed E-state index contributed by atoms with van der Waals surface area (Å²) in [6.45, 7) is 3.39. The Morgan fingerprint density at radius 2 is 1.67 bits per heavy atom. The number of ketones is 1. The Morgan fingerprint density at radius 3 is 2.26 bits per heavy atom. The molecule has 8 nitrogen and oxygen atoms in total. The van der Waals surface area contributed by atoms with Crippen LogP contribution < -0.4 is 5.32 Å². The first-order valence-electron chi connectivity index (χ1n) is 8.10. The third-order valence-corrected chi connectivity index (χ3v) is 4.06. The van der Waals surface area contributed by atoms with Crippen LogP contribution in [0.3, 0.4) is 0 Å². The van der Waals surface area contributed by atoms with E-state index in [1.165, 1.54) is 24.3 Å². The Hall–Kier alpha value is -3.81. The summed E-state index contributed by atoms with van der Waals surface area (Å²) in [5.74, 6) is -1.55. The number of para-hydroxylation sites is 1. The Morgan fingerprint density at radius 1 is 1.04 bits per heavy atom.